The smallest absolute Gasteiger partial charge is 0.127 e. The molecule has 3 rings (SSSR count). The number of anilines is 1. The molecule has 1 aliphatic heterocycles. The Morgan fingerprint density at radius 3 is 2.50 bits per heavy atom. The zero-order chi connectivity index (χ0) is 16.6. The number of aromatic nitrogens is 1. The van der Waals surface area contributed by atoms with Crippen molar-refractivity contribution in [3.8, 4) is 11.5 Å². The van der Waals surface area contributed by atoms with Gasteiger partial charge >= 0.3 is 0 Å². The highest BCUT2D eigenvalue weighted by Gasteiger charge is 2.34. The van der Waals surface area contributed by atoms with Crippen molar-refractivity contribution in [2.75, 3.05) is 11.9 Å². The van der Waals surface area contributed by atoms with Crippen LogP contribution in [0.5, 0.6) is 11.5 Å². The van der Waals surface area contributed by atoms with Crippen molar-refractivity contribution in [1.29, 1.82) is 0 Å². The molecule has 2 heterocycles. The highest BCUT2D eigenvalue weighted by Crippen LogP contribution is 2.43. The first-order valence-electron chi connectivity index (χ1n) is 8.06. The van der Waals surface area contributed by atoms with Crippen LogP contribution in [0.15, 0.2) is 24.5 Å². The van der Waals surface area contributed by atoms with Crippen LogP contribution < -0.4 is 10.1 Å². The molecule has 1 aromatic carbocycles. The van der Waals surface area contributed by atoms with E-state index in [4.69, 9.17) is 4.74 Å². The van der Waals surface area contributed by atoms with Gasteiger partial charge in [0, 0.05) is 23.6 Å². The van der Waals surface area contributed by atoms with Gasteiger partial charge in [0.2, 0.25) is 0 Å². The van der Waals surface area contributed by atoms with E-state index in [-0.39, 0.29) is 18.0 Å². The predicted octanol–water partition coefficient (Wildman–Crippen LogP) is 4.33. The maximum absolute atomic E-state index is 10.3. The van der Waals surface area contributed by atoms with E-state index < -0.39 is 0 Å². The molecule has 1 unspecified atom stereocenters. The predicted molar refractivity (Wildman–Crippen MR) is 99.6 cm³/mol. The molecule has 1 atom stereocenters. The second kappa shape index (κ2) is 6.89. The Kier molecular flexibility index (Phi) is 5.29. The van der Waals surface area contributed by atoms with Crippen LogP contribution >= 0.6 is 12.4 Å². The Morgan fingerprint density at radius 1 is 1.17 bits per heavy atom. The number of ether oxygens (including phenoxy) is 1. The fourth-order valence-corrected chi connectivity index (χ4v) is 3.18. The Bertz CT molecular complexity index is 734. The normalized spacial score (nSPS) is 19.0. The van der Waals surface area contributed by atoms with Gasteiger partial charge in [0.15, 0.2) is 0 Å². The standard InChI is InChI=1S/C19H24N2O2.ClH/c1-12-13(2)18-16(14(3)17(12)22)5-8-19(4,23-18)11-21-15-6-9-20-10-7-15;/h6-7,9-10,22H,5,8,11H2,1-4H3,(H,20,21);1H. The molecule has 1 aliphatic rings. The fraction of sp³-hybridized carbons (Fsp3) is 0.421. The minimum atomic E-state index is -0.267. The van der Waals surface area contributed by atoms with E-state index in [2.05, 4.69) is 17.2 Å². The number of benzene rings is 1. The summed E-state index contributed by atoms with van der Waals surface area (Å²) in [6.45, 7) is 8.82. The van der Waals surface area contributed by atoms with Crippen molar-refractivity contribution in [1.82, 2.24) is 4.98 Å². The maximum Gasteiger partial charge on any atom is 0.127 e. The molecule has 0 saturated heterocycles. The van der Waals surface area contributed by atoms with Gasteiger partial charge in [-0.15, -0.1) is 12.4 Å². The number of halogens is 1. The number of phenolic OH excluding ortho intramolecular Hbond substituents is 1. The summed E-state index contributed by atoms with van der Waals surface area (Å²) in [7, 11) is 0. The van der Waals surface area contributed by atoms with Gasteiger partial charge in [0.05, 0.1) is 6.54 Å². The van der Waals surface area contributed by atoms with Crippen molar-refractivity contribution in [3.63, 3.8) is 0 Å². The third kappa shape index (κ3) is 3.29. The van der Waals surface area contributed by atoms with Crippen LogP contribution in [0, 0.1) is 20.8 Å². The lowest BCUT2D eigenvalue weighted by atomic mass is 9.87. The van der Waals surface area contributed by atoms with E-state index in [0.717, 1.165) is 53.1 Å². The quantitative estimate of drug-likeness (QED) is 0.866. The molecule has 5 heteroatoms. The number of pyridine rings is 1. The molecule has 130 valence electrons. The van der Waals surface area contributed by atoms with Crippen molar-refractivity contribution < 1.29 is 9.84 Å². The van der Waals surface area contributed by atoms with Crippen LogP contribution in [-0.4, -0.2) is 22.2 Å². The zero-order valence-electron chi connectivity index (χ0n) is 14.6. The first-order chi connectivity index (χ1) is 10.9. The Hall–Kier alpha value is -1.94. The first kappa shape index (κ1) is 18.4. The highest BCUT2D eigenvalue weighted by atomic mass is 35.5. The lowest BCUT2D eigenvalue weighted by Gasteiger charge is -2.38. The summed E-state index contributed by atoms with van der Waals surface area (Å²) in [4.78, 5) is 4.03. The molecule has 24 heavy (non-hydrogen) atoms. The Morgan fingerprint density at radius 2 is 1.83 bits per heavy atom. The zero-order valence-corrected chi connectivity index (χ0v) is 15.5. The summed E-state index contributed by atoms with van der Waals surface area (Å²) in [5.41, 5.74) is 4.83. The van der Waals surface area contributed by atoms with Crippen LogP contribution in [0.4, 0.5) is 5.69 Å². The topological polar surface area (TPSA) is 54.4 Å². The number of nitrogens with zero attached hydrogens (tertiary/aromatic N) is 1. The molecule has 0 saturated carbocycles. The molecule has 0 fully saturated rings. The molecule has 2 N–H and O–H groups in total. The molecule has 0 amide bonds. The fourth-order valence-electron chi connectivity index (χ4n) is 3.18. The number of hydrogen-bond acceptors (Lipinski definition) is 4. The molecule has 0 radical (unpaired) electrons. The number of hydrogen-bond donors (Lipinski definition) is 2. The first-order valence-corrected chi connectivity index (χ1v) is 8.06. The third-order valence-corrected chi connectivity index (χ3v) is 4.94. The highest BCUT2D eigenvalue weighted by molar-refractivity contribution is 5.85. The number of aromatic hydroxyl groups is 1. The van der Waals surface area contributed by atoms with Gasteiger partial charge in [-0.3, -0.25) is 4.98 Å². The molecule has 2 aromatic rings. The summed E-state index contributed by atoms with van der Waals surface area (Å²) in [6, 6.07) is 3.91. The molecule has 0 aliphatic carbocycles. The number of rotatable bonds is 3. The molecular formula is C19H25ClN2O2. The van der Waals surface area contributed by atoms with E-state index in [9.17, 15) is 5.11 Å². The van der Waals surface area contributed by atoms with Crippen LogP contribution in [-0.2, 0) is 6.42 Å². The summed E-state index contributed by atoms with van der Waals surface area (Å²) >= 11 is 0. The van der Waals surface area contributed by atoms with Gasteiger partial charge in [-0.2, -0.15) is 0 Å². The average molecular weight is 349 g/mol. The third-order valence-electron chi connectivity index (χ3n) is 4.94. The molecule has 4 nitrogen and oxygen atoms in total. The minimum absolute atomic E-state index is 0. The second-order valence-electron chi connectivity index (χ2n) is 6.67. The van der Waals surface area contributed by atoms with Gasteiger partial charge in [0.1, 0.15) is 17.1 Å². The van der Waals surface area contributed by atoms with Crippen molar-refractivity contribution in [2.45, 2.75) is 46.1 Å². The van der Waals surface area contributed by atoms with Gasteiger partial charge in [0.25, 0.3) is 0 Å². The lowest BCUT2D eigenvalue weighted by Crippen LogP contribution is -2.43. The SMILES string of the molecule is Cc1c(C)c2c(c(C)c1O)CCC(C)(CNc1ccncc1)O2.Cl. The average Bonchev–Trinajstić information content (AvgIpc) is 2.57. The van der Waals surface area contributed by atoms with Crippen molar-refractivity contribution in [3.05, 3.63) is 46.8 Å². The largest absolute Gasteiger partial charge is 0.507 e. The number of nitrogens with one attached hydrogen (secondary N) is 1. The summed E-state index contributed by atoms with van der Waals surface area (Å²) in [5.74, 6) is 1.35. The van der Waals surface area contributed by atoms with E-state index in [1.54, 1.807) is 12.4 Å². The number of fused-ring (bicyclic) bond motifs is 1. The van der Waals surface area contributed by atoms with Gasteiger partial charge in [-0.1, -0.05) is 0 Å². The monoisotopic (exact) mass is 348 g/mol. The molecular weight excluding hydrogens is 324 g/mol. The van der Waals surface area contributed by atoms with Crippen molar-refractivity contribution >= 4 is 18.1 Å². The van der Waals surface area contributed by atoms with Gasteiger partial charge < -0.3 is 15.2 Å². The molecule has 0 spiro atoms. The van der Waals surface area contributed by atoms with Crippen LogP contribution in [0.1, 0.15) is 35.6 Å². The Balaban J connectivity index is 0.00000208. The summed E-state index contributed by atoms with van der Waals surface area (Å²) in [5, 5.41) is 13.7. The van der Waals surface area contributed by atoms with E-state index in [1.165, 1.54) is 0 Å². The van der Waals surface area contributed by atoms with Crippen molar-refractivity contribution in [2.24, 2.45) is 0 Å². The summed E-state index contributed by atoms with van der Waals surface area (Å²) < 4.78 is 6.40. The second-order valence-corrected chi connectivity index (χ2v) is 6.67. The van der Waals surface area contributed by atoms with Gasteiger partial charge in [-0.05, 0) is 69.4 Å². The molecule has 0 bridgehead atoms. The minimum Gasteiger partial charge on any atom is -0.507 e. The van der Waals surface area contributed by atoms with Crippen LogP contribution in [0.3, 0.4) is 0 Å². The van der Waals surface area contributed by atoms with E-state index in [1.807, 2.05) is 32.9 Å². The molecule has 1 aromatic heterocycles. The Labute approximate surface area is 149 Å². The number of phenols is 1. The maximum atomic E-state index is 10.3. The van der Waals surface area contributed by atoms with E-state index >= 15 is 0 Å². The van der Waals surface area contributed by atoms with E-state index in [0.29, 0.717) is 5.75 Å². The van der Waals surface area contributed by atoms with Gasteiger partial charge in [-0.25, -0.2) is 0 Å². The van der Waals surface area contributed by atoms with Crippen LogP contribution in [0.25, 0.3) is 0 Å². The lowest BCUT2D eigenvalue weighted by molar-refractivity contribution is 0.0767. The van der Waals surface area contributed by atoms with Crippen LogP contribution in [0.2, 0.25) is 0 Å². The summed E-state index contributed by atoms with van der Waals surface area (Å²) in [6.07, 6.45) is 5.40.